The summed E-state index contributed by atoms with van der Waals surface area (Å²) in [6.45, 7) is 2.90. The summed E-state index contributed by atoms with van der Waals surface area (Å²) >= 11 is 0. The average molecular weight is 253 g/mol. The van der Waals surface area contributed by atoms with E-state index in [-0.39, 0.29) is 6.17 Å². The largest absolute Gasteiger partial charge is 0.355 e. The highest BCUT2D eigenvalue weighted by molar-refractivity contribution is 5.85. The van der Waals surface area contributed by atoms with E-state index in [1.54, 1.807) is 11.0 Å². The third-order valence-corrected chi connectivity index (χ3v) is 3.69. The summed E-state index contributed by atoms with van der Waals surface area (Å²) in [5, 5.41) is 13.5. The van der Waals surface area contributed by atoms with E-state index in [0.717, 1.165) is 18.7 Å². The molecule has 0 bridgehead atoms. The van der Waals surface area contributed by atoms with Gasteiger partial charge in [0, 0.05) is 17.4 Å². The maximum atomic E-state index is 4.43. The lowest BCUT2D eigenvalue weighted by Crippen LogP contribution is -2.35. The Labute approximate surface area is 110 Å². The summed E-state index contributed by atoms with van der Waals surface area (Å²) < 4.78 is 0. The number of aromatic nitrogens is 4. The fraction of sp³-hybridized carbons (Fsp3) is 0.286. The van der Waals surface area contributed by atoms with Gasteiger partial charge in [-0.3, -0.25) is 5.32 Å². The summed E-state index contributed by atoms with van der Waals surface area (Å²) in [7, 11) is 0. The van der Waals surface area contributed by atoms with Gasteiger partial charge in [0.15, 0.2) is 6.17 Å². The van der Waals surface area contributed by atoms with Crippen LogP contribution in [0.15, 0.2) is 30.5 Å². The second-order valence-corrected chi connectivity index (χ2v) is 4.98. The molecule has 0 radical (unpaired) electrons. The zero-order valence-electron chi connectivity index (χ0n) is 10.7. The fourth-order valence-corrected chi connectivity index (χ4v) is 2.84. The fourth-order valence-electron chi connectivity index (χ4n) is 2.84. The molecule has 0 amide bonds. The van der Waals surface area contributed by atoms with E-state index in [1.807, 2.05) is 6.92 Å². The molecular formula is C14H15N5. The van der Waals surface area contributed by atoms with Gasteiger partial charge >= 0.3 is 0 Å². The molecule has 1 unspecified atom stereocenters. The molecular weight excluding hydrogens is 238 g/mol. The Morgan fingerprint density at radius 3 is 3.05 bits per heavy atom. The molecule has 19 heavy (non-hydrogen) atoms. The van der Waals surface area contributed by atoms with Gasteiger partial charge in [0.05, 0.1) is 17.6 Å². The molecule has 2 aromatic heterocycles. The third-order valence-electron chi connectivity index (χ3n) is 3.69. The SMILES string of the molecule is Cc1cnn(C2NCCc3c2[nH]c2ccccc32)n1. The number of benzene rings is 1. The second kappa shape index (κ2) is 3.93. The van der Waals surface area contributed by atoms with Crippen molar-refractivity contribution in [2.24, 2.45) is 0 Å². The van der Waals surface area contributed by atoms with Crippen LogP contribution < -0.4 is 5.32 Å². The van der Waals surface area contributed by atoms with Crippen molar-refractivity contribution in [3.8, 4) is 0 Å². The number of hydrogen-bond acceptors (Lipinski definition) is 3. The van der Waals surface area contributed by atoms with Gasteiger partial charge in [0.1, 0.15) is 0 Å². The van der Waals surface area contributed by atoms with Crippen molar-refractivity contribution in [1.29, 1.82) is 0 Å². The highest BCUT2D eigenvalue weighted by Crippen LogP contribution is 2.29. The maximum Gasteiger partial charge on any atom is 0.162 e. The van der Waals surface area contributed by atoms with Gasteiger partial charge in [-0.1, -0.05) is 18.2 Å². The van der Waals surface area contributed by atoms with Crippen LogP contribution in [-0.4, -0.2) is 26.5 Å². The number of aryl methyl sites for hydroxylation is 1. The number of nitrogens with one attached hydrogen (secondary N) is 2. The van der Waals surface area contributed by atoms with E-state index in [2.05, 4.69) is 44.8 Å². The van der Waals surface area contributed by atoms with Gasteiger partial charge in [0.25, 0.3) is 0 Å². The van der Waals surface area contributed by atoms with Crippen molar-refractivity contribution in [2.45, 2.75) is 19.5 Å². The molecule has 1 aliphatic rings. The Morgan fingerprint density at radius 1 is 1.32 bits per heavy atom. The van der Waals surface area contributed by atoms with Crippen molar-refractivity contribution in [2.75, 3.05) is 6.54 Å². The minimum Gasteiger partial charge on any atom is -0.355 e. The molecule has 5 nitrogen and oxygen atoms in total. The number of aromatic amines is 1. The molecule has 5 heteroatoms. The summed E-state index contributed by atoms with van der Waals surface area (Å²) in [6, 6.07) is 8.44. The molecule has 1 aliphatic heterocycles. The quantitative estimate of drug-likeness (QED) is 0.694. The van der Waals surface area contributed by atoms with Crippen molar-refractivity contribution in [3.05, 3.63) is 47.4 Å². The first kappa shape index (κ1) is 10.8. The van der Waals surface area contributed by atoms with Gasteiger partial charge in [-0.15, -0.1) is 0 Å². The lowest BCUT2D eigenvalue weighted by Gasteiger charge is -2.23. The Balaban J connectivity index is 1.90. The number of nitrogens with zero attached hydrogens (tertiary/aromatic N) is 3. The van der Waals surface area contributed by atoms with E-state index < -0.39 is 0 Å². The van der Waals surface area contributed by atoms with E-state index >= 15 is 0 Å². The van der Waals surface area contributed by atoms with Crippen molar-refractivity contribution in [3.63, 3.8) is 0 Å². The molecule has 1 aromatic carbocycles. The lowest BCUT2D eigenvalue weighted by atomic mass is 10.0. The monoisotopic (exact) mass is 253 g/mol. The van der Waals surface area contributed by atoms with Gasteiger partial charge in [-0.05, 0) is 25.0 Å². The van der Waals surface area contributed by atoms with Crippen molar-refractivity contribution >= 4 is 10.9 Å². The molecule has 1 atom stereocenters. The lowest BCUT2D eigenvalue weighted by molar-refractivity contribution is 0.364. The Morgan fingerprint density at radius 2 is 2.21 bits per heavy atom. The predicted octanol–water partition coefficient (Wildman–Crippen LogP) is 1.76. The molecule has 2 N–H and O–H groups in total. The normalized spacial score (nSPS) is 18.7. The van der Waals surface area contributed by atoms with Crippen LogP contribution in [0.5, 0.6) is 0 Å². The molecule has 4 rings (SSSR count). The Bertz CT molecular complexity index is 739. The molecule has 0 aliphatic carbocycles. The first-order chi connectivity index (χ1) is 9.33. The minimum atomic E-state index is 0.00449. The van der Waals surface area contributed by atoms with Crippen LogP contribution in [-0.2, 0) is 6.42 Å². The highest BCUT2D eigenvalue weighted by Gasteiger charge is 2.26. The molecule has 3 aromatic rings. The summed E-state index contributed by atoms with van der Waals surface area (Å²) in [5.74, 6) is 0. The Hall–Kier alpha value is -2.14. The van der Waals surface area contributed by atoms with Gasteiger partial charge in [0.2, 0.25) is 0 Å². The highest BCUT2D eigenvalue weighted by atomic mass is 15.5. The number of fused-ring (bicyclic) bond motifs is 3. The van der Waals surface area contributed by atoms with Crippen LogP contribution in [0.4, 0.5) is 0 Å². The van der Waals surface area contributed by atoms with Crippen molar-refractivity contribution in [1.82, 2.24) is 25.3 Å². The van der Waals surface area contributed by atoms with Crippen LogP contribution in [0.25, 0.3) is 10.9 Å². The standard InChI is InChI=1S/C14H15N5/c1-9-8-16-19(18-9)14-13-11(6-7-15-14)10-4-2-3-5-12(10)17-13/h2-5,8,14-15,17H,6-7H2,1H3. The first-order valence-electron chi connectivity index (χ1n) is 6.54. The summed E-state index contributed by atoms with van der Waals surface area (Å²) in [6.07, 6.45) is 2.83. The number of hydrogen-bond donors (Lipinski definition) is 2. The van der Waals surface area contributed by atoms with Crippen LogP contribution in [0.1, 0.15) is 23.1 Å². The van der Waals surface area contributed by atoms with Crippen LogP contribution in [0.3, 0.4) is 0 Å². The maximum absolute atomic E-state index is 4.43. The summed E-state index contributed by atoms with van der Waals surface area (Å²) in [4.78, 5) is 5.26. The molecule has 96 valence electrons. The zero-order chi connectivity index (χ0) is 12.8. The van der Waals surface area contributed by atoms with Gasteiger partial charge in [-0.25, -0.2) is 0 Å². The second-order valence-electron chi connectivity index (χ2n) is 4.98. The van der Waals surface area contributed by atoms with E-state index in [4.69, 9.17) is 0 Å². The molecule has 0 spiro atoms. The number of rotatable bonds is 1. The van der Waals surface area contributed by atoms with Crippen LogP contribution >= 0.6 is 0 Å². The number of para-hydroxylation sites is 1. The van der Waals surface area contributed by atoms with Crippen LogP contribution in [0, 0.1) is 6.92 Å². The third kappa shape index (κ3) is 1.58. The minimum absolute atomic E-state index is 0.00449. The van der Waals surface area contributed by atoms with Crippen LogP contribution in [0.2, 0.25) is 0 Å². The topological polar surface area (TPSA) is 58.5 Å². The molecule has 0 fully saturated rings. The predicted molar refractivity (Wildman–Crippen MR) is 72.9 cm³/mol. The first-order valence-corrected chi connectivity index (χ1v) is 6.54. The molecule has 3 heterocycles. The van der Waals surface area contributed by atoms with Gasteiger partial charge < -0.3 is 4.98 Å². The molecule has 0 saturated carbocycles. The van der Waals surface area contributed by atoms with E-state index in [1.165, 1.54) is 22.2 Å². The molecule has 0 saturated heterocycles. The van der Waals surface area contributed by atoms with Gasteiger partial charge in [-0.2, -0.15) is 15.0 Å². The van der Waals surface area contributed by atoms with E-state index in [9.17, 15) is 0 Å². The Kier molecular flexibility index (Phi) is 2.22. The van der Waals surface area contributed by atoms with E-state index in [0.29, 0.717) is 0 Å². The smallest absolute Gasteiger partial charge is 0.162 e. The zero-order valence-corrected chi connectivity index (χ0v) is 10.7. The summed E-state index contributed by atoms with van der Waals surface area (Å²) in [5.41, 5.74) is 4.69. The average Bonchev–Trinajstić information content (AvgIpc) is 3.02. The van der Waals surface area contributed by atoms with Crippen molar-refractivity contribution < 1.29 is 0 Å². The number of H-pyrrole nitrogens is 1.